The molecule has 0 spiro atoms. The number of aliphatic hydroxyl groups excluding tert-OH is 1. The molecule has 0 aromatic heterocycles. The van der Waals surface area contributed by atoms with E-state index < -0.39 is 0 Å². The van der Waals surface area contributed by atoms with Crippen LogP contribution < -0.4 is 5.73 Å². The quantitative estimate of drug-likeness (QED) is 0.623. The van der Waals surface area contributed by atoms with E-state index in [-0.39, 0.29) is 12.1 Å². The molecule has 0 rings (SSSR count). The molecule has 0 aliphatic rings. The summed E-state index contributed by atoms with van der Waals surface area (Å²) in [6, 6.07) is -0.0394. The van der Waals surface area contributed by atoms with Crippen LogP contribution in [0.15, 0.2) is 0 Å². The highest BCUT2D eigenvalue weighted by Crippen LogP contribution is 2.08. The van der Waals surface area contributed by atoms with Gasteiger partial charge in [-0.15, -0.1) is 0 Å². The third-order valence-corrected chi connectivity index (χ3v) is 1.68. The lowest BCUT2D eigenvalue weighted by Gasteiger charge is -2.18. The molecule has 0 bridgehead atoms. The normalized spacial score (nSPS) is 17.4. The number of aliphatic hydroxyl groups is 1. The van der Waals surface area contributed by atoms with Crippen LogP contribution in [0.5, 0.6) is 0 Å². The van der Waals surface area contributed by atoms with Gasteiger partial charge in [0.2, 0.25) is 0 Å². The van der Waals surface area contributed by atoms with Crippen molar-refractivity contribution < 1.29 is 5.11 Å². The Hall–Kier alpha value is -0.0800. The van der Waals surface area contributed by atoms with E-state index in [1.807, 2.05) is 6.92 Å². The molecule has 2 unspecified atom stereocenters. The smallest absolute Gasteiger partial charge is 0.0693 e. The first kappa shape index (κ1) is 9.92. The van der Waals surface area contributed by atoms with Crippen LogP contribution in [0.4, 0.5) is 0 Å². The number of nitrogens with two attached hydrogens (primary N) is 1. The molecule has 0 aliphatic heterocycles. The van der Waals surface area contributed by atoms with E-state index in [0.29, 0.717) is 5.92 Å². The van der Waals surface area contributed by atoms with Gasteiger partial charge >= 0.3 is 0 Å². The van der Waals surface area contributed by atoms with Crippen molar-refractivity contribution in [2.24, 2.45) is 11.7 Å². The molecule has 0 amide bonds. The Balaban J connectivity index is 3.50. The Labute approximate surface area is 63.4 Å². The molecule has 0 heterocycles. The Morgan fingerprint density at radius 3 is 2.20 bits per heavy atom. The van der Waals surface area contributed by atoms with Gasteiger partial charge in [0.15, 0.2) is 0 Å². The van der Waals surface area contributed by atoms with Crippen LogP contribution in [0.25, 0.3) is 0 Å². The van der Waals surface area contributed by atoms with Crippen LogP contribution in [-0.2, 0) is 0 Å². The number of hydrogen-bond donors (Lipinski definition) is 2. The molecule has 0 fully saturated rings. The first-order chi connectivity index (χ1) is 4.57. The van der Waals surface area contributed by atoms with Crippen LogP contribution in [0.3, 0.4) is 0 Å². The van der Waals surface area contributed by atoms with Gasteiger partial charge in [-0.2, -0.15) is 0 Å². The second kappa shape index (κ2) is 4.69. The van der Waals surface area contributed by atoms with Crippen molar-refractivity contribution >= 4 is 0 Å². The summed E-state index contributed by atoms with van der Waals surface area (Å²) in [5.41, 5.74) is 5.61. The van der Waals surface area contributed by atoms with E-state index >= 15 is 0 Å². The maximum Gasteiger partial charge on any atom is 0.0693 e. The fourth-order valence-corrected chi connectivity index (χ4v) is 0.930. The van der Waals surface area contributed by atoms with Gasteiger partial charge in [-0.1, -0.05) is 20.8 Å². The molecule has 2 heteroatoms. The lowest BCUT2D eigenvalue weighted by molar-refractivity contribution is 0.119. The maximum atomic E-state index is 9.36. The molecule has 0 radical (unpaired) electrons. The van der Waals surface area contributed by atoms with Crippen molar-refractivity contribution in [1.82, 2.24) is 0 Å². The molecule has 0 aromatic carbocycles. The molecule has 10 heavy (non-hydrogen) atoms. The summed E-state index contributed by atoms with van der Waals surface area (Å²) in [5.74, 6) is 0.535. The summed E-state index contributed by atoms with van der Waals surface area (Å²) in [5, 5.41) is 9.36. The lowest BCUT2D eigenvalue weighted by atomic mass is 9.99. The zero-order valence-electron chi connectivity index (χ0n) is 7.17. The van der Waals surface area contributed by atoms with Crippen molar-refractivity contribution in [2.45, 2.75) is 45.8 Å². The van der Waals surface area contributed by atoms with Crippen LogP contribution in [0.1, 0.15) is 33.6 Å². The summed E-state index contributed by atoms with van der Waals surface area (Å²) in [6.45, 7) is 6.17. The second-order valence-electron chi connectivity index (χ2n) is 3.27. The van der Waals surface area contributed by atoms with E-state index in [2.05, 4.69) is 13.8 Å². The third kappa shape index (κ3) is 3.85. The molecule has 0 saturated heterocycles. The van der Waals surface area contributed by atoms with Gasteiger partial charge in [-0.3, -0.25) is 0 Å². The average molecular weight is 145 g/mol. The summed E-state index contributed by atoms with van der Waals surface area (Å²) < 4.78 is 0. The second-order valence-corrected chi connectivity index (χ2v) is 3.27. The van der Waals surface area contributed by atoms with Crippen molar-refractivity contribution in [2.75, 3.05) is 0 Å². The predicted molar refractivity (Wildman–Crippen MR) is 43.7 cm³/mol. The van der Waals surface area contributed by atoms with Crippen molar-refractivity contribution in [1.29, 1.82) is 0 Å². The Kier molecular flexibility index (Phi) is 4.65. The van der Waals surface area contributed by atoms with E-state index in [0.717, 1.165) is 12.8 Å². The summed E-state index contributed by atoms with van der Waals surface area (Å²) in [7, 11) is 0. The van der Waals surface area contributed by atoms with Gasteiger partial charge in [-0.05, 0) is 18.8 Å². The monoisotopic (exact) mass is 145 g/mol. The van der Waals surface area contributed by atoms with Gasteiger partial charge in [0, 0.05) is 6.04 Å². The third-order valence-electron chi connectivity index (χ3n) is 1.68. The van der Waals surface area contributed by atoms with Crippen LogP contribution in [0, 0.1) is 5.92 Å². The number of hydrogen-bond acceptors (Lipinski definition) is 2. The zero-order valence-corrected chi connectivity index (χ0v) is 7.17. The molecule has 0 aromatic rings. The molecule has 2 nitrogen and oxygen atoms in total. The van der Waals surface area contributed by atoms with E-state index in [1.54, 1.807) is 0 Å². The van der Waals surface area contributed by atoms with Gasteiger partial charge in [-0.25, -0.2) is 0 Å². The summed E-state index contributed by atoms with van der Waals surface area (Å²) >= 11 is 0. The summed E-state index contributed by atoms with van der Waals surface area (Å²) in [4.78, 5) is 0. The Morgan fingerprint density at radius 1 is 1.40 bits per heavy atom. The Bertz CT molecular complexity index is 83.3. The van der Waals surface area contributed by atoms with E-state index in [9.17, 15) is 5.11 Å². The maximum absolute atomic E-state index is 9.36. The fourth-order valence-electron chi connectivity index (χ4n) is 0.930. The molecule has 0 aliphatic carbocycles. The van der Waals surface area contributed by atoms with Crippen molar-refractivity contribution in [3.8, 4) is 0 Å². The van der Waals surface area contributed by atoms with Crippen molar-refractivity contribution in [3.05, 3.63) is 0 Å². The molecule has 2 atom stereocenters. The minimum Gasteiger partial charge on any atom is -0.392 e. The molecule has 62 valence electrons. The van der Waals surface area contributed by atoms with Gasteiger partial charge in [0.05, 0.1) is 6.10 Å². The Morgan fingerprint density at radius 2 is 1.90 bits per heavy atom. The molecular weight excluding hydrogens is 126 g/mol. The topological polar surface area (TPSA) is 46.2 Å². The van der Waals surface area contributed by atoms with Crippen LogP contribution in [0.2, 0.25) is 0 Å². The highest BCUT2D eigenvalue weighted by atomic mass is 16.3. The molecule has 0 saturated carbocycles. The zero-order chi connectivity index (χ0) is 8.15. The van der Waals surface area contributed by atoms with Gasteiger partial charge in [0.1, 0.15) is 0 Å². The molecule has 3 N–H and O–H groups in total. The average Bonchev–Trinajstić information content (AvgIpc) is 1.85. The first-order valence-electron chi connectivity index (χ1n) is 4.01. The highest BCUT2D eigenvalue weighted by molar-refractivity contribution is 4.70. The molecular formula is C8H19NO. The van der Waals surface area contributed by atoms with E-state index in [1.165, 1.54) is 0 Å². The predicted octanol–water partition coefficient (Wildman–Crippen LogP) is 1.13. The lowest BCUT2D eigenvalue weighted by Crippen LogP contribution is -2.34. The van der Waals surface area contributed by atoms with Gasteiger partial charge < -0.3 is 10.8 Å². The SMILES string of the molecule is CCC(N)C(O)CC(C)C. The highest BCUT2D eigenvalue weighted by Gasteiger charge is 2.13. The van der Waals surface area contributed by atoms with E-state index in [4.69, 9.17) is 5.73 Å². The minimum atomic E-state index is -0.315. The first-order valence-corrected chi connectivity index (χ1v) is 4.01. The number of rotatable bonds is 4. The van der Waals surface area contributed by atoms with Crippen LogP contribution in [-0.4, -0.2) is 17.3 Å². The minimum absolute atomic E-state index is 0.0394. The van der Waals surface area contributed by atoms with Gasteiger partial charge in [0.25, 0.3) is 0 Å². The fraction of sp³-hybridized carbons (Fsp3) is 1.00. The van der Waals surface area contributed by atoms with Crippen molar-refractivity contribution in [3.63, 3.8) is 0 Å². The standard InChI is InChI=1S/C8H19NO/c1-4-7(9)8(10)5-6(2)3/h6-8,10H,4-5,9H2,1-3H3. The largest absolute Gasteiger partial charge is 0.392 e. The summed E-state index contributed by atoms with van der Waals surface area (Å²) in [6.07, 6.45) is 1.35. The van der Waals surface area contributed by atoms with Crippen LogP contribution >= 0.6 is 0 Å².